The van der Waals surface area contributed by atoms with Gasteiger partial charge < -0.3 is 16.0 Å². The molecule has 1 fully saturated rings. The lowest BCUT2D eigenvalue weighted by Crippen LogP contribution is -2.46. The van der Waals surface area contributed by atoms with Crippen molar-refractivity contribution in [3.63, 3.8) is 0 Å². The second-order valence-electron chi connectivity index (χ2n) is 4.91. The minimum absolute atomic E-state index is 0.104. The van der Waals surface area contributed by atoms with Crippen molar-refractivity contribution >= 4 is 6.03 Å². The van der Waals surface area contributed by atoms with E-state index in [-0.39, 0.29) is 6.03 Å². The van der Waals surface area contributed by atoms with Gasteiger partial charge in [-0.1, -0.05) is 26.2 Å². The number of nitrogens with one attached hydrogen (secondary N) is 1. The largest absolute Gasteiger partial charge is 0.335 e. The summed E-state index contributed by atoms with van der Waals surface area (Å²) < 4.78 is 0. The molecule has 1 saturated carbocycles. The summed E-state index contributed by atoms with van der Waals surface area (Å²) in [4.78, 5) is 14.0. The van der Waals surface area contributed by atoms with Gasteiger partial charge in [-0.2, -0.15) is 0 Å². The number of amides is 2. The first kappa shape index (κ1) is 14.3. The van der Waals surface area contributed by atoms with Crippen molar-refractivity contribution in [3.05, 3.63) is 0 Å². The molecule has 0 saturated heterocycles. The van der Waals surface area contributed by atoms with Crippen LogP contribution in [0.4, 0.5) is 4.79 Å². The maximum atomic E-state index is 12.1. The van der Waals surface area contributed by atoms with Crippen LogP contribution in [-0.4, -0.2) is 36.6 Å². The van der Waals surface area contributed by atoms with Crippen molar-refractivity contribution < 1.29 is 4.79 Å². The summed E-state index contributed by atoms with van der Waals surface area (Å²) in [6.45, 7) is 4.36. The van der Waals surface area contributed by atoms with Gasteiger partial charge in [0.2, 0.25) is 0 Å². The highest BCUT2D eigenvalue weighted by atomic mass is 16.2. The third-order valence-corrected chi connectivity index (χ3v) is 3.35. The molecule has 0 heterocycles. The zero-order chi connectivity index (χ0) is 12.5. The standard InChI is InChI=1S/C13H27N3O/c1-2-10-16(11-6-9-14)13(17)15-12-7-4-3-5-8-12/h12H,2-11,14H2,1H3,(H,15,17). The van der Waals surface area contributed by atoms with Gasteiger partial charge in [-0.05, 0) is 32.2 Å². The average molecular weight is 241 g/mol. The van der Waals surface area contributed by atoms with Crippen LogP contribution in [0.15, 0.2) is 0 Å². The van der Waals surface area contributed by atoms with E-state index in [2.05, 4.69) is 12.2 Å². The van der Waals surface area contributed by atoms with Crippen molar-refractivity contribution in [3.8, 4) is 0 Å². The van der Waals surface area contributed by atoms with Crippen molar-refractivity contribution in [1.29, 1.82) is 0 Å². The predicted molar refractivity (Wildman–Crippen MR) is 70.9 cm³/mol. The van der Waals surface area contributed by atoms with Crippen molar-refractivity contribution in [2.45, 2.75) is 57.9 Å². The smallest absolute Gasteiger partial charge is 0.317 e. The summed E-state index contributed by atoms with van der Waals surface area (Å²) in [6, 6.07) is 0.501. The number of hydrogen-bond acceptors (Lipinski definition) is 2. The monoisotopic (exact) mass is 241 g/mol. The van der Waals surface area contributed by atoms with E-state index in [1.165, 1.54) is 19.3 Å². The predicted octanol–water partition coefficient (Wildman–Crippen LogP) is 2.09. The molecular formula is C13H27N3O. The molecule has 0 spiro atoms. The van der Waals surface area contributed by atoms with Crippen LogP contribution in [0.25, 0.3) is 0 Å². The van der Waals surface area contributed by atoms with Crippen LogP contribution in [0.2, 0.25) is 0 Å². The summed E-state index contributed by atoms with van der Waals surface area (Å²) in [5, 5.41) is 3.16. The molecule has 1 aliphatic rings. The van der Waals surface area contributed by atoms with Crippen LogP contribution >= 0.6 is 0 Å². The Bertz CT molecular complexity index is 215. The Morgan fingerprint density at radius 2 is 2.00 bits per heavy atom. The first-order chi connectivity index (χ1) is 8.27. The van der Waals surface area contributed by atoms with Crippen LogP contribution in [-0.2, 0) is 0 Å². The fraction of sp³-hybridized carbons (Fsp3) is 0.923. The van der Waals surface area contributed by atoms with Gasteiger partial charge in [-0.3, -0.25) is 0 Å². The Morgan fingerprint density at radius 3 is 2.59 bits per heavy atom. The second kappa shape index (κ2) is 8.34. The highest BCUT2D eigenvalue weighted by Gasteiger charge is 2.18. The molecule has 4 nitrogen and oxygen atoms in total. The van der Waals surface area contributed by atoms with Gasteiger partial charge in [0.05, 0.1) is 0 Å². The third-order valence-electron chi connectivity index (χ3n) is 3.35. The highest BCUT2D eigenvalue weighted by Crippen LogP contribution is 2.17. The van der Waals surface area contributed by atoms with E-state index in [0.717, 1.165) is 38.8 Å². The molecule has 2 amide bonds. The van der Waals surface area contributed by atoms with Gasteiger partial charge in [0.15, 0.2) is 0 Å². The molecule has 0 aromatic heterocycles. The molecule has 0 unspecified atom stereocenters. The molecule has 0 aromatic rings. The number of nitrogens with two attached hydrogens (primary N) is 1. The maximum absolute atomic E-state index is 12.1. The molecule has 3 N–H and O–H groups in total. The molecular weight excluding hydrogens is 214 g/mol. The molecule has 4 heteroatoms. The van der Waals surface area contributed by atoms with Crippen LogP contribution in [0.5, 0.6) is 0 Å². The number of nitrogens with zero attached hydrogens (tertiary/aromatic N) is 1. The molecule has 1 rings (SSSR count). The van der Waals surface area contributed by atoms with E-state index in [1.54, 1.807) is 0 Å². The van der Waals surface area contributed by atoms with Gasteiger partial charge in [0, 0.05) is 19.1 Å². The summed E-state index contributed by atoms with van der Waals surface area (Å²) in [7, 11) is 0. The number of hydrogen-bond donors (Lipinski definition) is 2. The molecule has 0 aromatic carbocycles. The number of rotatable bonds is 6. The van der Waals surface area contributed by atoms with Crippen LogP contribution < -0.4 is 11.1 Å². The lowest BCUT2D eigenvalue weighted by atomic mass is 9.96. The van der Waals surface area contributed by atoms with E-state index in [0.29, 0.717) is 12.6 Å². The van der Waals surface area contributed by atoms with Gasteiger partial charge in [0.25, 0.3) is 0 Å². The fourth-order valence-electron chi connectivity index (χ4n) is 2.38. The quantitative estimate of drug-likeness (QED) is 0.748. The van der Waals surface area contributed by atoms with Gasteiger partial charge >= 0.3 is 6.03 Å². The molecule has 1 aliphatic carbocycles. The van der Waals surface area contributed by atoms with Crippen molar-refractivity contribution in [2.75, 3.05) is 19.6 Å². The second-order valence-corrected chi connectivity index (χ2v) is 4.91. The molecule has 0 aliphatic heterocycles. The Hall–Kier alpha value is -0.770. The molecule has 17 heavy (non-hydrogen) atoms. The Morgan fingerprint density at radius 1 is 1.29 bits per heavy atom. The van der Waals surface area contributed by atoms with E-state index in [1.807, 2.05) is 4.90 Å². The first-order valence-corrected chi connectivity index (χ1v) is 7.03. The maximum Gasteiger partial charge on any atom is 0.317 e. The third kappa shape index (κ3) is 5.39. The van der Waals surface area contributed by atoms with Crippen LogP contribution in [0, 0.1) is 0 Å². The van der Waals surface area contributed by atoms with Crippen molar-refractivity contribution in [1.82, 2.24) is 10.2 Å². The fourth-order valence-corrected chi connectivity index (χ4v) is 2.38. The lowest BCUT2D eigenvalue weighted by Gasteiger charge is -2.28. The van der Waals surface area contributed by atoms with Gasteiger partial charge in [-0.15, -0.1) is 0 Å². The normalized spacial score (nSPS) is 16.8. The molecule has 0 radical (unpaired) electrons. The summed E-state index contributed by atoms with van der Waals surface area (Å²) >= 11 is 0. The van der Waals surface area contributed by atoms with E-state index in [9.17, 15) is 4.79 Å². The van der Waals surface area contributed by atoms with Gasteiger partial charge in [0.1, 0.15) is 0 Å². The average Bonchev–Trinajstić information content (AvgIpc) is 2.35. The zero-order valence-electron chi connectivity index (χ0n) is 11.1. The Balaban J connectivity index is 2.34. The number of carbonyl (C=O) groups is 1. The van der Waals surface area contributed by atoms with E-state index in [4.69, 9.17) is 5.73 Å². The molecule has 0 bridgehead atoms. The highest BCUT2D eigenvalue weighted by molar-refractivity contribution is 5.74. The van der Waals surface area contributed by atoms with Crippen LogP contribution in [0.3, 0.4) is 0 Å². The Labute approximate surface area is 105 Å². The zero-order valence-corrected chi connectivity index (χ0v) is 11.1. The van der Waals surface area contributed by atoms with Gasteiger partial charge in [-0.25, -0.2) is 4.79 Å². The molecule has 0 atom stereocenters. The first-order valence-electron chi connectivity index (χ1n) is 7.03. The summed E-state index contributed by atoms with van der Waals surface area (Å²) in [6.07, 6.45) is 7.99. The number of urea groups is 1. The number of carbonyl (C=O) groups excluding carboxylic acids is 1. The molecule has 100 valence electrons. The summed E-state index contributed by atoms with van der Waals surface area (Å²) in [5.41, 5.74) is 5.50. The van der Waals surface area contributed by atoms with E-state index >= 15 is 0 Å². The topological polar surface area (TPSA) is 58.4 Å². The minimum Gasteiger partial charge on any atom is -0.335 e. The van der Waals surface area contributed by atoms with E-state index < -0.39 is 0 Å². The SMILES string of the molecule is CCCN(CCCN)C(=O)NC1CCCCC1. The summed E-state index contributed by atoms with van der Waals surface area (Å²) in [5.74, 6) is 0. The lowest BCUT2D eigenvalue weighted by molar-refractivity contribution is 0.189. The minimum atomic E-state index is 0.104. The van der Waals surface area contributed by atoms with Crippen LogP contribution in [0.1, 0.15) is 51.9 Å². The Kier molecular flexibility index (Phi) is 7.01. The van der Waals surface area contributed by atoms with Crippen molar-refractivity contribution in [2.24, 2.45) is 5.73 Å².